The van der Waals surface area contributed by atoms with Crippen molar-refractivity contribution in [2.75, 3.05) is 13.7 Å². The van der Waals surface area contributed by atoms with Crippen LogP contribution in [0.4, 0.5) is 5.69 Å². The highest BCUT2D eigenvalue weighted by Crippen LogP contribution is 2.59. The molecule has 4 fully saturated rings. The predicted molar refractivity (Wildman–Crippen MR) is 97.2 cm³/mol. The molecule has 4 aliphatic carbocycles. The van der Waals surface area contributed by atoms with E-state index in [-0.39, 0.29) is 27.8 Å². The van der Waals surface area contributed by atoms with Gasteiger partial charge >= 0.3 is 0 Å². The molecule has 0 aliphatic heterocycles. The van der Waals surface area contributed by atoms with Crippen molar-refractivity contribution in [3.05, 3.63) is 38.9 Å². The first-order valence-corrected chi connectivity index (χ1v) is 9.58. The van der Waals surface area contributed by atoms with Gasteiger partial charge in [-0.25, -0.2) is 0 Å². The zero-order valence-electron chi connectivity index (χ0n) is 14.7. The number of carbonyl (C=O) groups is 1. The highest BCUT2D eigenvalue weighted by molar-refractivity contribution is 6.32. The lowest BCUT2D eigenvalue weighted by atomic mass is 9.49. The molecule has 1 amide bonds. The number of amides is 1. The van der Waals surface area contributed by atoms with E-state index in [0.29, 0.717) is 18.4 Å². The molecule has 1 N–H and O–H groups in total. The summed E-state index contributed by atoms with van der Waals surface area (Å²) in [6.07, 6.45) is 6.09. The molecular formula is C19H23ClN2O4. The smallest absolute Gasteiger partial charge is 0.288 e. The van der Waals surface area contributed by atoms with Gasteiger partial charge in [-0.05, 0) is 67.9 Å². The summed E-state index contributed by atoms with van der Waals surface area (Å²) in [6, 6.07) is 4.14. The minimum absolute atomic E-state index is 0.0287. The van der Waals surface area contributed by atoms with Gasteiger partial charge in [0.15, 0.2) is 0 Å². The number of benzene rings is 1. The molecule has 0 saturated heterocycles. The Morgan fingerprint density at radius 3 is 2.42 bits per heavy atom. The van der Waals surface area contributed by atoms with Crippen molar-refractivity contribution < 1.29 is 14.5 Å². The molecule has 4 bridgehead atoms. The minimum atomic E-state index is -0.576. The fourth-order valence-corrected chi connectivity index (χ4v) is 5.98. The molecule has 4 saturated carbocycles. The van der Waals surface area contributed by atoms with Crippen LogP contribution in [0, 0.1) is 33.8 Å². The highest BCUT2D eigenvalue weighted by atomic mass is 35.5. The van der Waals surface area contributed by atoms with E-state index in [4.69, 9.17) is 16.3 Å². The highest BCUT2D eigenvalue weighted by Gasteiger charge is 2.57. The predicted octanol–water partition coefficient (Wildman–Crippen LogP) is 3.82. The van der Waals surface area contributed by atoms with Gasteiger partial charge in [0.1, 0.15) is 5.02 Å². The molecule has 0 heterocycles. The fourth-order valence-electron chi connectivity index (χ4n) is 5.79. The number of nitro benzene ring substituents is 1. The number of nitrogens with zero attached hydrogens (tertiary/aromatic N) is 1. The second-order valence-electron chi connectivity index (χ2n) is 8.07. The quantitative estimate of drug-likeness (QED) is 0.623. The largest absolute Gasteiger partial charge is 0.376 e. The van der Waals surface area contributed by atoms with Crippen molar-refractivity contribution in [1.82, 2.24) is 5.32 Å². The average Bonchev–Trinajstić information content (AvgIpc) is 2.61. The Hall–Kier alpha value is -1.66. The van der Waals surface area contributed by atoms with Gasteiger partial charge in [-0.3, -0.25) is 14.9 Å². The number of carbonyl (C=O) groups excluding carboxylic acids is 1. The number of nitrogens with one attached hydrogen (secondary N) is 1. The first-order valence-electron chi connectivity index (χ1n) is 9.20. The molecule has 0 radical (unpaired) electrons. The van der Waals surface area contributed by atoms with Gasteiger partial charge in [-0.1, -0.05) is 11.6 Å². The Labute approximate surface area is 157 Å². The summed E-state index contributed by atoms with van der Waals surface area (Å²) in [7, 11) is 1.75. The number of ether oxygens (including phenoxy) is 1. The van der Waals surface area contributed by atoms with Crippen molar-refractivity contribution in [2.24, 2.45) is 23.7 Å². The minimum Gasteiger partial charge on any atom is -0.376 e. The number of hydrogen-bond donors (Lipinski definition) is 1. The monoisotopic (exact) mass is 378 g/mol. The van der Waals surface area contributed by atoms with Gasteiger partial charge in [0.2, 0.25) is 0 Å². The Balaban J connectivity index is 1.50. The summed E-state index contributed by atoms with van der Waals surface area (Å²) in [5, 5.41) is 14.0. The van der Waals surface area contributed by atoms with Crippen molar-refractivity contribution in [2.45, 2.75) is 37.7 Å². The summed E-state index contributed by atoms with van der Waals surface area (Å²) in [6.45, 7) is 0.452. The van der Waals surface area contributed by atoms with E-state index in [9.17, 15) is 14.9 Å². The topological polar surface area (TPSA) is 81.5 Å². The second kappa shape index (κ2) is 6.50. The van der Waals surface area contributed by atoms with E-state index < -0.39 is 4.92 Å². The molecule has 0 atom stereocenters. The molecule has 0 aromatic heterocycles. The summed E-state index contributed by atoms with van der Waals surface area (Å²) in [5.74, 6) is 2.29. The lowest BCUT2D eigenvalue weighted by Gasteiger charge is -2.60. The standard InChI is InChI=1S/C19H23ClN2O4/c1-26-19(14-5-11-4-12(7-14)8-15(19)6-11)10-21-18(23)13-2-3-16(20)17(9-13)22(24)25/h2-3,9,11-12,14-15H,4-8,10H2,1H3,(H,21,23). The van der Waals surface area contributed by atoms with Gasteiger partial charge < -0.3 is 10.1 Å². The lowest BCUT2D eigenvalue weighted by molar-refractivity contribution is -0.384. The summed E-state index contributed by atoms with van der Waals surface area (Å²) >= 11 is 5.83. The Bertz CT molecular complexity index is 723. The third-order valence-electron chi connectivity index (χ3n) is 6.83. The molecular weight excluding hydrogens is 356 g/mol. The van der Waals surface area contributed by atoms with E-state index in [2.05, 4.69) is 5.32 Å². The third-order valence-corrected chi connectivity index (χ3v) is 7.15. The third kappa shape index (κ3) is 2.79. The van der Waals surface area contributed by atoms with Crippen LogP contribution in [0.2, 0.25) is 5.02 Å². The first-order chi connectivity index (χ1) is 12.4. The number of halogens is 1. The van der Waals surface area contributed by atoms with Crippen LogP contribution in [0.15, 0.2) is 18.2 Å². The van der Waals surface area contributed by atoms with Gasteiger partial charge in [-0.15, -0.1) is 0 Å². The SMILES string of the molecule is COC1(CNC(=O)c2ccc(Cl)c([N+](=O)[O-])c2)C2CC3CC(C2)CC1C3. The molecule has 5 rings (SSSR count). The summed E-state index contributed by atoms with van der Waals surface area (Å²) in [5.41, 5.74) is -0.312. The molecule has 4 aliphatic rings. The Morgan fingerprint density at radius 1 is 1.27 bits per heavy atom. The Kier molecular flexibility index (Phi) is 4.43. The van der Waals surface area contributed by atoms with Crippen LogP contribution in [0.3, 0.4) is 0 Å². The molecule has 26 heavy (non-hydrogen) atoms. The summed E-state index contributed by atoms with van der Waals surface area (Å²) < 4.78 is 6.04. The van der Waals surface area contributed by atoms with E-state index in [1.54, 1.807) is 7.11 Å². The van der Waals surface area contributed by atoms with Gasteiger partial charge in [-0.2, -0.15) is 0 Å². The number of hydrogen-bond acceptors (Lipinski definition) is 4. The van der Waals surface area contributed by atoms with Crippen molar-refractivity contribution in [3.63, 3.8) is 0 Å². The molecule has 140 valence electrons. The van der Waals surface area contributed by atoms with E-state index in [0.717, 1.165) is 11.8 Å². The van der Waals surface area contributed by atoms with Gasteiger partial charge in [0.05, 0.1) is 10.5 Å². The van der Waals surface area contributed by atoms with Crippen LogP contribution >= 0.6 is 11.6 Å². The molecule has 0 unspecified atom stereocenters. The van der Waals surface area contributed by atoms with E-state index in [1.807, 2.05) is 0 Å². The normalized spacial score (nSPS) is 34.7. The van der Waals surface area contributed by atoms with Crippen molar-refractivity contribution in [1.29, 1.82) is 0 Å². The maximum atomic E-state index is 12.6. The number of methoxy groups -OCH3 is 1. The van der Waals surface area contributed by atoms with Crippen LogP contribution in [-0.2, 0) is 4.74 Å². The molecule has 1 aromatic carbocycles. The Morgan fingerprint density at radius 2 is 1.88 bits per heavy atom. The van der Waals surface area contributed by atoms with E-state index in [1.165, 1.54) is 50.3 Å². The number of nitro groups is 1. The van der Waals surface area contributed by atoms with Crippen LogP contribution in [0.1, 0.15) is 42.5 Å². The van der Waals surface area contributed by atoms with Crippen molar-refractivity contribution >= 4 is 23.2 Å². The van der Waals surface area contributed by atoms with Crippen LogP contribution in [0.5, 0.6) is 0 Å². The fraction of sp³-hybridized carbons (Fsp3) is 0.632. The van der Waals surface area contributed by atoms with E-state index >= 15 is 0 Å². The average molecular weight is 379 g/mol. The number of rotatable bonds is 5. The maximum absolute atomic E-state index is 12.6. The van der Waals surface area contributed by atoms with Gasteiger partial charge in [0.25, 0.3) is 11.6 Å². The van der Waals surface area contributed by atoms with Crippen LogP contribution in [-0.4, -0.2) is 30.1 Å². The lowest BCUT2D eigenvalue weighted by Crippen LogP contribution is -2.63. The molecule has 7 heteroatoms. The second-order valence-corrected chi connectivity index (χ2v) is 8.48. The molecule has 0 spiro atoms. The maximum Gasteiger partial charge on any atom is 0.288 e. The first kappa shape index (κ1) is 17.7. The zero-order valence-corrected chi connectivity index (χ0v) is 15.5. The molecule has 1 aromatic rings. The van der Waals surface area contributed by atoms with Crippen LogP contribution in [0.25, 0.3) is 0 Å². The van der Waals surface area contributed by atoms with Crippen LogP contribution < -0.4 is 5.32 Å². The summed E-state index contributed by atoms with van der Waals surface area (Å²) in [4.78, 5) is 23.1. The van der Waals surface area contributed by atoms with Gasteiger partial charge in [0, 0.05) is 25.3 Å². The zero-order chi connectivity index (χ0) is 18.5. The molecule has 6 nitrogen and oxygen atoms in total. The van der Waals surface area contributed by atoms with Crippen molar-refractivity contribution in [3.8, 4) is 0 Å².